The number of hydrogen-bond acceptors (Lipinski definition) is 5. The van der Waals surface area contributed by atoms with Gasteiger partial charge in [0.2, 0.25) is 0 Å². The first-order valence-corrected chi connectivity index (χ1v) is 6.66. The number of ether oxygens (including phenoxy) is 1. The third-order valence-electron chi connectivity index (χ3n) is 2.62. The molecular weight excluding hydrogens is 264 g/mol. The fraction of sp³-hybridized carbons (Fsp3) is 0.308. The minimum absolute atomic E-state index is 0.130. The van der Waals surface area contributed by atoms with Gasteiger partial charge in [-0.2, -0.15) is 0 Å². The van der Waals surface area contributed by atoms with Crippen molar-refractivity contribution in [1.82, 2.24) is 5.32 Å². The van der Waals surface area contributed by atoms with Crippen LogP contribution in [-0.2, 0) is 9.53 Å². The van der Waals surface area contributed by atoms with Crippen LogP contribution in [0.5, 0.6) is 0 Å². The summed E-state index contributed by atoms with van der Waals surface area (Å²) < 4.78 is 4.62. The van der Waals surface area contributed by atoms with Gasteiger partial charge in [0.1, 0.15) is 5.84 Å². The predicted molar refractivity (Wildman–Crippen MR) is 74.8 cm³/mol. The van der Waals surface area contributed by atoms with Gasteiger partial charge in [0.05, 0.1) is 24.5 Å². The third-order valence-corrected chi connectivity index (χ3v) is 3.61. The number of amidine groups is 1. The van der Waals surface area contributed by atoms with Gasteiger partial charge in [-0.3, -0.25) is 9.59 Å². The molecule has 19 heavy (non-hydrogen) atoms. The molecule has 1 amide bonds. The topological polar surface area (TPSA) is 67.8 Å². The van der Waals surface area contributed by atoms with Crippen molar-refractivity contribution in [3.63, 3.8) is 0 Å². The second kappa shape index (κ2) is 5.88. The van der Waals surface area contributed by atoms with Crippen LogP contribution in [0.1, 0.15) is 12.0 Å². The molecule has 0 bridgehead atoms. The number of nitrogens with zero attached hydrogens (tertiary/aromatic N) is 1. The summed E-state index contributed by atoms with van der Waals surface area (Å²) >= 11 is 1.06. The second-order valence-electron chi connectivity index (χ2n) is 4.14. The lowest BCUT2D eigenvalue weighted by atomic mass is 10.2. The van der Waals surface area contributed by atoms with Crippen LogP contribution in [0.25, 0.3) is 0 Å². The quantitative estimate of drug-likeness (QED) is 0.862. The number of amides is 1. The van der Waals surface area contributed by atoms with Gasteiger partial charge in [-0.1, -0.05) is 23.9 Å². The number of hydrogen-bond donors (Lipinski definition) is 1. The third kappa shape index (κ3) is 3.57. The Hall–Kier alpha value is -1.82. The number of methoxy groups -OCH3 is 1. The minimum atomic E-state index is -0.356. The molecular formula is C13H14N2O3S. The highest BCUT2D eigenvalue weighted by Crippen LogP contribution is 2.25. The number of aryl methyl sites for hydroxylation is 1. The van der Waals surface area contributed by atoms with E-state index in [1.54, 1.807) is 0 Å². The maximum atomic E-state index is 11.4. The van der Waals surface area contributed by atoms with Gasteiger partial charge in [-0.25, -0.2) is 4.99 Å². The lowest BCUT2D eigenvalue weighted by Gasteiger charge is -2.07. The van der Waals surface area contributed by atoms with Crippen molar-refractivity contribution in [3.8, 4) is 0 Å². The minimum Gasteiger partial charge on any atom is -0.469 e. The van der Waals surface area contributed by atoms with Gasteiger partial charge in [0.15, 0.2) is 0 Å². The Morgan fingerprint density at radius 1 is 1.53 bits per heavy atom. The highest BCUT2D eigenvalue weighted by Gasteiger charge is 2.31. The molecule has 1 aromatic carbocycles. The first-order chi connectivity index (χ1) is 9.08. The summed E-state index contributed by atoms with van der Waals surface area (Å²) in [5.41, 5.74) is 1.84. The molecule has 0 aromatic heterocycles. The largest absolute Gasteiger partial charge is 0.469 e. The molecule has 1 aliphatic rings. The van der Waals surface area contributed by atoms with Crippen molar-refractivity contribution in [2.75, 3.05) is 7.11 Å². The van der Waals surface area contributed by atoms with Gasteiger partial charge >= 0.3 is 5.97 Å². The molecule has 100 valence electrons. The van der Waals surface area contributed by atoms with Crippen LogP contribution >= 0.6 is 11.8 Å². The molecule has 1 aromatic rings. The maximum Gasteiger partial charge on any atom is 0.307 e. The zero-order chi connectivity index (χ0) is 13.8. The fourth-order valence-electron chi connectivity index (χ4n) is 1.71. The van der Waals surface area contributed by atoms with Crippen LogP contribution in [-0.4, -0.2) is 29.4 Å². The molecule has 1 atom stereocenters. The van der Waals surface area contributed by atoms with Gasteiger partial charge in [0, 0.05) is 0 Å². The van der Waals surface area contributed by atoms with Crippen molar-refractivity contribution in [3.05, 3.63) is 29.8 Å². The van der Waals surface area contributed by atoms with E-state index in [1.165, 1.54) is 7.11 Å². The zero-order valence-electron chi connectivity index (χ0n) is 10.7. The molecule has 0 radical (unpaired) electrons. The summed E-state index contributed by atoms with van der Waals surface area (Å²) in [6.07, 6.45) is 0.130. The monoisotopic (exact) mass is 278 g/mol. The summed E-state index contributed by atoms with van der Waals surface area (Å²) in [7, 11) is 1.33. The van der Waals surface area contributed by atoms with E-state index in [4.69, 9.17) is 0 Å². The molecule has 1 N–H and O–H groups in total. The molecule has 1 fully saturated rings. The molecule has 0 spiro atoms. The first-order valence-electron chi connectivity index (χ1n) is 5.78. The van der Waals surface area contributed by atoms with Crippen molar-refractivity contribution in [1.29, 1.82) is 0 Å². The first kappa shape index (κ1) is 13.6. The zero-order valence-corrected chi connectivity index (χ0v) is 11.5. The van der Waals surface area contributed by atoms with Crippen LogP contribution in [0.4, 0.5) is 10.5 Å². The Morgan fingerprint density at radius 2 is 2.32 bits per heavy atom. The number of rotatable bonds is 3. The van der Waals surface area contributed by atoms with E-state index in [0.29, 0.717) is 5.84 Å². The van der Waals surface area contributed by atoms with Crippen molar-refractivity contribution >= 4 is 34.5 Å². The second-order valence-corrected chi connectivity index (χ2v) is 5.31. The maximum absolute atomic E-state index is 11.4. The highest BCUT2D eigenvalue weighted by atomic mass is 32.2. The molecule has 0 saturated carbocycles. The van der Waals surface area contributed by atoms with Crippen LogP contribution in [0, 0.1) is 6.92 Å². The smallest absolute Gasteiger partial charge is 0.307 e. The lowest BCUT2D eigenvalue weighted by molar-refractivity contribution is -0.140. The summed E-state index contributed by atoms with van der Waals surface area (Å²) in [6.45, 7) is 1.97. The molecule has 1 aliphatic heterocycles. The van der Waals surface area contributed by atoms with Gasteiger partial charge < -0.3 is 10.1 Å². The van der Waals surface area contributed by atoms with Crippen molar-refractivity contribution in [2.24, 2.45) is 4.99 Å². The highest BCUT2D eigenvalue weighted by molar-refractivity contribution is 8.15. The van der Waals surface area contributed by atoms with Gasteiger partial charge in [0.25, 0.3) is 5.24 Å². The fourth-order valence-corrected chi connectivity index (χ4v) is 2.57. The van der Waals surface area contributed by atoms with Crippen LogP contribution < -0.4 is 5.32 Å². The molecule has 1 saturated heterocycles. The lowest BCUT2D eigenvalue weighted by Crippen LogP contribution is -2.26. The number of nitrogens with one attached hydrogen (secondary N) is 1. The van der Waals surface area contributed by atoms with Crippen molar-refractivity contribution in [2.45, 2.75) is 18.6 Å². The van der Waals surface area contributed by atoms with Crippen LogP contribution in [0.3, 0.4) is 0 Å². The average molecular weight is 278 g/mol. The summed E-state index contributed by atoms with van der Waals surface area (Å²) in [6, 6.07) is 7.63. The average Bonchev–Trinajstić information content (AvgIpc) is 2.69. The molecule has 6 heteroatoms. The van der Waals surface area contributed by atoms with E-state index >= 15 is 0 Å². The number of carbonyl (C=O) groups excluding carboxylic acids is 2. The Kier molecular flexibility index (Phi) is 4.21. The van der Waals surface area contributed by atoms with Crippen molar-refractivity contribution < 1.29 is 14.3 Å². The molecule has 2 rings (SSSR count). The summed E-state index contributed by atoms with van der Waals surface area (Å²) in [5.74, 6) is 0.150. The normalized spacial score (nSPS) is 20.4. The van der Waals surface area contributed by atoms with Gasteiger partial charge in [-0.05, 0) is 24.6 Å². The van der Waals surface area contributed by atoms with E-state index in [-0.39, 0.29) is 22.9 Å². The Balaban J connectivity index is 2.20. The Labute approximate surface area is 115 Å². The van der Waals surface area contributed by atoms with Gasteiger partial charge in [-0.15, -0.1) is 0 Å². The molecule has 0 unspecified atom stereocenters. The summed E-state index contributed by atoms with van der Waals surface area (Å²) in [5, 5.41) is 2.17. The van der Waals surface area contributed by atoms with E-state index in [1.807, 2.05) is 31.2 Å². The predicted octanol–water partition coefficient (Wildman–Crippen LogP) is 2.41. The molecule has 1 heterocycles. The number of carbonyl (C=O) groups is 2. The Morgan fingerprint density at radius 3 is 3.00 bits per heavy atom. The van der Waals surface area contributed by atoms with E-state index in [2.05, 4.69) is 15.0 Å². The number of aliphatic imine (C=N–C) groups is 1. The summed E-state index contributed by atoms with van der Waals surface area (Å²) in [4.78, 5) is 27.1. The SMILES string of the molecule is COC(=O)C[C@@H]1SC(=O)NC1=Nc1cccc(C)c1. The molecule has 5 nitrogen and oxygen atoms in total. The molecule has 0 aliphatic carbocycles. The van der Waals surface area contributed by atoms with E-state index in [9.17, 15) is 9.59 Å². The number of thioether (sulfide) groups is 1. The number of esters is 1. The standard InChI is InChI=1S/C13H14N2O3S/c1-8-4-3-5-9(6-8)14-12-10(7-11(16)18-2)19-13(17)15-12/h3-6,10H,7H2,1-2H3,(H,14,15,17)/t10-/m0/s1. The number of benzene rings is 1. The Bertz CT molecular complexity index is 542. The van der Waals surface area contributed by atoms with E-state index < -0.39 is 0 Å². The van der Waals surface area contributed by atoms with E-state index in [0.717, 1.165) is 23.0 Å². The van der Waals surface area contributed by atoms with Crippen LogP contribution in [0.15, 0.2) is 29.3 Å². The van der Waals surface area contributed by atoms with Crippen LogP contribution in [0.2, 0.25) is 0 Å².